The van der Waals surface area contributed by atoms with Crippen molar-refractivity contribution in [1.82, 2.24) is 29.7 Å². The maximum Gasteiger partial charge on any atom is 0.138 e. The topological polar surface area (TPSA) is 68.5 Å². The highest BCUT2D eigenvalue weighted by atomic mass is 32.1. The van der Waals surface area contributed by atoms with E-state index in [-0.39, 0.29) is 6.04 Å². The molecule has 0 bridgehead atoms. The summed E-state index contributed by atoms with van der Waals surface area (Å²) in [7, 11) is 3.85. The number of hydrogen-bond donors (Lipinski definition) is 1. The zero-order chi connectivity index (χ0) is 12.3. The smallest absolute Gasteiger partial charge is 0.138 e. The van der Waals surface area contributed by atoms with Crippen molar-refractivity contribution in [2.75, 3.05) is 7.05 Å². The summed E-state index contributed by atoms with van der Waals surface area (Å²) in [6.45, 7) is 2.09. The van der Waals surface area contributed by atoms with E-state index in [4.69, 9.17) is 0 Å². The SMILES string of the molecule is CCc1nnsc1C(Cc1ncnn1C)NC. The van der Waals surface area contributed by atoms with Crippen molar-refractivity contribution >= 4 is 11.5 Å². The van der Waals surface area contributed by atoms with Gasteiger partial charge in [-0.25, -0.2) is 4.98 Å². The first kappa shape index (κ1) is 12.1. The Morgan fingerprint density at radius 3 is 2.94 bits per heavy atom. The van der Waals surface area contributed by atoms with E-state index in [1.54, 1.807) is 11.0 Å². The Kier molecular flexibility index (Phi) is 3.80. The van der Waals surface area contributed by atoms with E-state index in [0.717, 1.165) is 24.4 Å². The lowest BCUT2D eigenvalue weighted by molar-refractivity contribution is 0.556. The molecule has 0 amide bonds. The van der Waals surface area contributed by atoms with Crippen LogP contribution in [0, 0.1) is 0 Å². The van der Waals surface area contributed by atoms with Crippen molar-refractivity contribution in [3.8, 4) is 0 Å². The van der Waals surface area contributed by atoms with Crippen LogP contribution in [0.25, 0.3) is 0 Å². The highest BCUT2D eigenvalue weighted by Gasteiger charge is 2.19. The minimum absolute atomic E-state index is 0.202. The molecule has 0 radical (unpaired) electrons. The minimum Gasteiger partial charge on any atom is -0.312 e. The van der Waals surface area contributed by atoms with E-state index in [1.165, 1.54) is 16.4 Å². The molecule has 1 unspecified atom stereocenters. The van der Waals surface area contributed by atoms with Gasteiger partial charge < -0.3 is 5.32 Å². The Bertz CT molecular complexity index is 477. The number of nitrogens with one attached hydrogen (secondary N) is 1. The van der Waals surface area contributed by atoms with Gasteiger partial charge in [-0.05, 0) is 25.0 Å². The second-order valence-electron chi connectivity index (χ2n) is 3.78. The Morgan fingerprint density at radius 2 is 2.35 bits per heavy atom. The van der Waals surface area contributed by atoms with E-state index in [1.807, 2.05) is 14.1 Å². The molecule has 2 rings (SSSR count). The maximum atomic E-state index is 4.24. The van der Waals surface area contributed by atoms with E-state index >= 15 is 0 Å². The first-order chi connectivity index (χ1) is 8.26. The van der Waals surface area contributed by atoms with Crippen molar-refractivity contribution in [3.05, 3.63) is 22.7 Å². The van der Waals surface area contributed by atoms with Gasteiger partial charge in [0.2, 0.25) is 0 Å². The van der Waals surface area contributed by atoms with Crippen LogP contribution in [-0.4, -0.2) is 31.4 Å². The second-order valence-corrected chi connectivity index (χ2v) is 4.57. The summed E-state index contributed by atoms with van der Waals surface area (Å²) in [6, 6.07) is 0.202. The lowest BCUT2D eigenvalue weighted by Crippen LogP contribution is -2.20. The molecule has 0 spiro atoms. The molecule has 1 atom stereocenters. The van der Waals surface area contributed by atoms with Gasteiger partial charge in [-0.1, -0.05) is 11.4 Å². The van der Waals surface area contributed by atoms with Crippen LogP contribution in [0.3, 0.4) is 0 Å². The van der Waals surface area contributed by atoms with Crippen LogP contribution in [0.4, 0.5) is 0 Å². The third-order valence-corrected chi connectivity index (χ3v) is 3.66. The monoisotopic (exact) mass is 252 g/mol. The lowest BCUT2D eigenvalue weighted by Gasteiger charge is -2.14. The first-order valence-corrected chi connectivity index (χ1v) is 6.34. The Hall–Kier alpha value is -1.34. The lowest BCUT2D eigenvalue weighted by atomic mass is 10.1. The fraction of sp³-hybridized carbons (Fsp3) is 0.600. The summed E-state index contributed by atoms with van der Waals surface area (Å²) in [5.74, 6) is 0.958. The number of aromatic nitrogens is 5. The Morgan fingerprint density at radius 1 is 1.53 bits per heavy atom. The first-order valence-electron chi connectivity index (χ1n) is 5.57. The second kappa shape index (κ2) is 5.33. The molecule has 6 nitrogen and oxygen atoms in total. The molecule has 0 aliphatic rings. The van der Waals surface area contributed by atoms with Gasteiger partial charge in [0.05, 0.1) is 16.6 Å². The number of aryl methyl sites for hydroxylation is 2. The molecular formula is C10H16N6S. The number of likely N-dealkylation sites (N-methyl/N-ethyl adjacent to an activating group) is 1. The Balaban J connectivity index is 2.20. The van der Waals surface area contributed by atoms with Gasteiger partial charge in [-0.3, -0.25) is 4.68 Å². The molecular weight excluding hydrogens is 236 g/mol. The van der Waals surface area contributed by atoms with Gasteiger partial charge in [0, 0.05) is 13.5 Å². The zero-order valence-corrected chi connectivity index (χ0v) is 11.0. The molecule has 2 heterocycles. The normalized spacial score (nSPS) is 12.9. The van der Waals surface area contributed by atoms with Crippen molar-refractivity contribution in [2.24, 2.45) is 7.05 Å². The van der Waals surface area contributed by atoms with E-state index in [0.29, 0.717) is 0 Å². The van der Waals surface area contributed by atoms with Crippen LogP contribution in [0.15, 0.2) is 6.33 Å². The molecule has 0 fully saturated rings. The van der Waals surface area contributed by atoms with Gasteiger partial charge in [0.1, 0.15) is 12.2 Å². The molecule has 92 valence electrons. The van der Waals surface area contributed by atoms with Gasteiger partial charge in [-0.15, -0.1) is 5.10 Å². The average Bonchev–Trinajstić information content (AvgIpc) is 2.95. The fourth-order valence-corrected chi connectivity index (χ4v) is 2.59. The predicted octanol–water partition coefficient (Wildman–Crippen LogP) is 0.732. The highest BCUT2D eigenvalue weighted by molar-refractivity contribution is 7.05. The minimum atomic E-state index is 0.202. The van der Waals surface area contributed by atoms with Crippen molar-refractivity contribution in [3.63, 3.8) is 0 Å². The largest absolute Gasteiger partial charge is 0.312 e. The molecule has 17 heavy (non-hydrogen) atoms. The molecule has 1 N–H and O–H groups in total. The van der Waals surface area contributed by atoms with Crippen LogP contribution < -0.4 is 5.32 Å². The molecule has 2 aromatic rings. The number of rotatable bonds is 5. The zero-order valence-electron chi connectivity index (χ0n) is 10.2. The van der Waals surface area contributed by atoms with Crippen molar-refractivity contribution in [2.45, 2.75) is 25.8 Å². The van der Waals surface area contributed by atoms with Crippen LogP contribution >= 0.6 is 11.5 Å². The quantitative estimate of drug-likeness (QED) is 0.849. The molecule has 2 aromatic heterocycles. The van der Waals surface area contributed by atoms with Gasteiger partial charge in [0.25, 0.3) is 0 Å². The predicted molar refractivity (Wildman–Crippen MR) is 65.8 cm³/mol. The number of nitrogens with zero attached hydrogens (tertiary/aromatic N) is 5. The average molecular weight is 252 g/mol. The van der Waals surface area contributed by atoms with E-state index in [9.17, 15) is 0 Å². The molecule has 0 aromatic carbocycles. The standard InChI is InChI=1S/C10H16N6S/c1-4-7-10(17-15-14-7)8(11-2)5-9-12-6-13-16(9)3/h6,8,11H,4-5H2,1-3H3. The molecule has 0 aliphatic heterocycles. The molecule has 0 aliphatic carbocycles. The third-order valence-electron chi connectivity index (χ3n) is 2.78. The third kappa shape index (κ3) is 2.50. The summed E-state index contributed by atoms with van der Waals surface area (Å²) in [5, 5.41) is 11.5. The molecule has 0 saturated carbocycles. The summed E-state index contributed by atoms with van der Waals surface area (Å²) >= 11 is 1.45. The van der Waals surface area contributed by atoms with E-state index < -0.39 is 0 Å². The van der Waals surface area contributed by atoms with Crippen LogP contribution in [0.2, 0.25) is 0 Å². The van der Waals surface area contributed by atoms with Gasteiger partial charge in [-0.2, -0.15) is 5.10 Å². The van der Waals surface area contributed by atoms with Crippen LogP contribution in [0.1, 0.15) is 29.4 Å². The Labute approximate surface area is 104 Å². The summed E-state index contributed by atoms with van der Waals surface area (Å²) in [5.41, 5.74) is 1.07. The number of hydrogen-bond acceptors (Lipinski definition) is 6. The molecule has 7 heteroatoms. The van der Waals surface area contributed by atoms with Crippen molar-refractivity contribution in [1.29, 1.82) is 0 Å². The summed E-state index contributed by atoms with van der Waals surface area (Å²) in [6.07, 6.45) is 3.28. The summed E-state index contributed by atoms with van der Waals surface area (Å²) in [4.78, 5) is 5.44. The maximum absolute atomic E-state index is 4.24. The van der Waals surface area contributed by atoms with Crippen molar-refractivity contribution < 1.29 is 0 Å². The van der Waals surface area contributed by atoms with E-state index in [2.05, 4.69) is 31.9 Å². The van der Waals surface area contributed by atoms with Gasteiger partial charge >= 0.3 is 0 Å². The van der Waals surface area contributed by atoms with Crippen LogP contribution in [0.5, 0.6) is 0 Å². The van der Waals surface area contributed by atoms with Gasteiger partial charge in [0.15, 0.2) is 0 Å². The highest BCUT2D eigenvalue weighted by Crippen LogP contribution is 2.23. The molecule has 0 saturated heterocycles. The summed E-state index contributed by atoms with van der Waals surface area (Å²) < 4.78 is 5.82. The fourth-order valence-electron chi connectivity index (χ4n) is 1.74. The van der Waals surface area contributed by atoms with Crippen LogP contribution in [-0.2, 0) is 19.9 Å².